The molecule has 94 valence electrons. The highest BCUT2D eigenvalue weighted by Crippen LogP contribution is 2.16. The minimum atomic E-state index is -0.382. The molecule has 0 aromatic rings. The van der Waals surface area contributed by atoms with Gasteiger partial charge in [0.2, 0.25) is 0 Å². The third kappa shape index (κ3) is 4.94. The lowest BCUT2D eigenvalue weighted by atomic mass is 9.97. The van der Waals surface area contributed by atoms with Crippen molar-refractivity contribution in [2.24, 2.45) is 11.7 Å². The first-order valence-corrected chi connectivity index (χ1v) is 6.05. The molecule has 0 amide bonds. The Hall–Kier alpha value is -0.610. The molecule has 1 heterocycles. The van der Waals surface area contributed by atoms with E-state index in [1.54, 1.807) is 0 Å². The number of carbonyl (C=O) groups is 1. The quantitative estimate of drug-likeness (QED) is 0.732. The van der Waals surface area contributed by atoms with Gasteiger partial charge in [-0.1, -0.05) is 0 Å². The summed E-state index contributed by atoms with van der Waals surface area (Å²) in [6.45, 7) is 8.78. The molecule has 1 aliphatic rings. The van der Waals surface area contributed by atoms with Crippen molar-refractivity contribution in [2.75, 3.05) is 26.2 Å². The molecule has 1 saturated heterocycles. The smallest absolute Gasteiger partial charge is 0.320 e. The normalized spacial score (nSPS) is 19.8. The van der Waals surface area contributed by atoms with Crippen molar-refractivity contribution in [2.45, 2.75) is 39.2 Å². The Morgan fingerprint density at radius 1 is 1.38 bits per heavy atom. The monoisotopic (exact) mass is 228 g/mol. The number of piperidine rings is 1. The number of ether oxygens (including phenoxy) is 1. The Morgan fingerprint density at radius 3 is 2.38 bits per heavy atom. The van der Waals surface area contributed by atoms with Gasteiger partial charge in [0.25, 0.3) is 0 Å². The van der Waals surface area contributed by atoms with Crippen LogP contribution in [0.2, 0.25) is 0 Å². The minimum Gasteiger partial charge on any atom is -0.459 e. The van der Waals surface area contributed by atoms with E-state index in [1.807, 2.05) is 20.8 Å². The summed E-state index contributed by atoms with van der Waals surface area (Å²) in [5, 5.41) is 0. The molecule has 4 nitrogen and oxygen atoms in total. The molecule has 0 atom stereocenters. The van der Waals surface area contributed by atoms with Gasteiger partial charge in [-0.2, -0.15) is 0 Å². The zero-order chi connectivity index (χ0) is 12.2. The van der Waals surface area contributed by atoms with Crippen LogP contribution in [0, 0.1) is 5.92 Å². The molecule has 1 rings (SSSR count). The summed E-state index contributed by atoms with van der Waals surface area (Å²) >= 11 is 0. The van der Waals surface area contributed by atoms with Gasteiger partial charge in [0, 0.05) is 0 Å². The lowest BCUT2D eigenvalue weighted by molar-refractivity contribution is -0.156. The number of nitrogens with zero attached hydrogens (tertiary/aromatic N) is 1. The number of esters is 1. The van der Waals surface area contributed by atoms with Crippen LogP contribution in [0.25, 0.3) is 0 Å². The van der Waals surface area contributed by atoms with E-state index in [9.17, 15) is 4.79 Å². The number of hydrogen-bond donors (Lipinski definition) is 1. The third-order valence-electron chi connectivity index (χ3n) is 2.81. The van der Waals surface area contributed by atoms with E-state index in [4.69, 9.17) is 10.5 Å². The molecular weight excluding hydrogens is 204 g/mol. The van der Waals surface area contributed by atoms with Crippen LogP contribution < -0.4 is 5.73 Å². The van der Waals surface area contributed by atoms with Crippen molar-refractivity contribution in [1.82, 2.24) is 4.90 Å². The molecule has 2 N–H and O–H groups in total. The molecule has 0 unspecified atom stereocenters. The second kappa shape index (κ2) is 5.64. The summed E-state index contributed by atoms with van der Waals surface area (Å²) in [6.07, 6.45) is 2.19. The fourth-order valence-corrected chi connectivity index (χ4v) is 1.94. The summed E-state index contributed by atoms with van der Waals surface area (Å²) < 4.78 is 5.29. The number of carbonyl (C=O) groups excluding carboxylic acids is 1. The maximum Gasteiger partial charge on any atom is 0.320 e. The summed E-state index contributed by atoms with van der Waals surface area (Å²) in [5.41, 5.74) is 5.24. The van der Waals surface area contributed by atoms with Crippen molar-refractivity contribution >= 4 is 5.97 Å². The molecule has 0 aromatic heterocycles. The number of hydrogen-bond acceptors (Lipinski definition) is 4. The van der Waals surface area contributed by atoms with E-state index >= 15 is 0 Å². The highest BCUT2D eigenvalue weighted by Gasteiger charge is 2.22. The summed E-state index contributed by atoms with van der Waals surface area (Å²) in [6, 6.07) is 0. The Kier molecular flexibility index (Phi) is 4.74. The van der Waals surface area contributed by atoms with Crippen molar-refractivity contribution in [3.63, 3.8) is 0 Å². The van der Waals surface area contributed by atoms with Gasteiger partial charge in [0.1, 0.15) is 5.60 Å². The molecule has 0 radical (unpaired) electrons. The van der Waals surface area contributed by atoms with E-state index < -0.39 is 0 Å². The largest absolute Gasteiger partial charge is 0.459 e. The Bertz CT molecular complexity index is 228. The van der Waals surface area contributed by atoms with E-state index in [1.165, 1.54) is 0 Å². The van der Waals surface area contributed by atoms with Crippen LogP contribution >= 0.6 is 0 Å². The van der Waals surface area contributed by atoms with Crippen LogP contribution in [-0.2, 0) is 9.53 Å². The second-order valence-electron chi connectivity index (χ2n) is 5.54. The third-order valence-corrected chi connectivity index (χ3v) is 2.81. The van der Waals surface area contributed by atoms with Gasteiger partial charge < -0.3 is 10.5 Å². The highest BCUT2D eigenvalue weighted by molar-refractivity contribution is 5.72. The lowest BCUT2D eigenvalue weighted by Gasteiger charge is -2.31. The fourth-order valence-electron chi connectivity index (χ4n) is 1.94. The van der Waals surface area contributed by atoms with E-state index in [0.717, 1.165) is 32.5 Å². The SMILES string of the molecule is CC(C)(C)OC(=O)CN1CCC(CN)CC1. The van der Waals surface area contributed by atoms with Crippen LogP contribution in [0.4, 0.5) is 0 Å². The Morgan fingerprint density at radius 2 is 1.94 bits per heavy atom. The van der Waals surface area contributed by atoms with Crippen LogP contribution in [0.1, 0.15) is 33.6 Å². The van der Waals surface area contributed by atoms with Gasteiger partial charge in [-0.05, 0) is 59.2 Å². The zero-order valence-corrected chi connectivity index (χ0v) is 10.7. The molecule has 0 spiro atoms. The van der Waals surface area contributed by atoms with Crippen LogP contribution in [0.3, 0.4) is 0 Å². The lowest BCUT2D eigenvalue weighted by Crippen LogP contribution is -2.40. The summed E-state index contributed by atoms with van der Waals surface area (Å²) in [7, 11) is 0. The van der Waals surface area contributed by atoms with Crippen LogP contribution in [0.15, 0.2) is 0 Å². The first kappa shape index (κ1) is 13.5. The number of likely N-dealkylation sites (tertiary alicyclic amines) is 1. The molecule has 4 heteroatoms. The van der Waals surface area contributed by atoms with E-state index in [-0.39, 0.29) is 11.6 Å². The second-order valence-corrected chi connectivity index (χ2v) is 5.54. The maximum absolute atomic E-state index is 11.6. The molecule has 1 fully saturated rings. The molecule has 0 bridgehead atoms. The predicted octanol–water partition coefficient (Wildman–Crippen LogP) is 0.999. The Labute approximate surface area is 98.1 Å². The van der Waals surface area contributed by atoms with Gasteiger partial charge in [0.05, 0.1) is 6.54 Å². The zero-order valence-electron chi connectivity index (χ0n) is 10.7. The predicted molar refractivity (Wildman–Crippen MR) is 64.1 cm³/mol. The first-order chi connectivity index (χ1) is 7.40. The van der Waals surface area contributed by atoms with Gasteiger partial charge in [-0.15, -0.1) is 0 Å². The average molecular weight is 228 g/mol. The van der Waals surface area contributed by atoms with Crippen molar-refractivity contribution < 1.29 is 9.53 Å². The topological polar surface area (TPSA) is 55.6 Å². The van der Waals surface area contributed by atoms with Crippen molar-refractivity contribution in [3.05, 3.63) is 0 Å². The molecule has 16 heavy (non-hydrogen) atoms. The molecule has 0 aliphatic carbocycles. The van der Waals surface area contributed by atoms with E-state index in [2.05, 4.69) is 4.90 Å². The van der Waals surface area contributed by atoms with Gasteiger partial charge >= 0.3 is 5.97 Å². The number of nitrogens with two attached hydrogens (primary N) is 1. The van der Waals surface area contributed by atoms with Crippen molar-refractivity contribution in [1.29, 1.82) is 0 Å². The molecular formula is C12H24N2O2. The van der Waals surface area contributed by atoms with Crippen molar-refractivity contribution in [3.8, 4) is 0 Å². The molecule has 0 saturated carbocycles. The van der Waals surface area contributed by atoms with Crippen LogP contribution in [0.5, 0.6) is 0 Å². The van der Waals surface area contributed by atoms with Gasteiger partial charge in [-0.25, -0.2) is 0 Å². The number of rotatable bonds is 3. The maximum atomic E-state index is 11.6. The molecule has 1 aliphatic heterocycles. The average Bonchev–Trinajstić information content (AvgIpc) is 2.16. The van der Waals surface area contributed by atoms with Gasteiger partial charge in [-0.3, -0.25) is 9.69 Å². The standard InChI is InChI=1S/C12H24N2O2/c1-12(2,3)16-11(15)9-14-6-4-10(8-13)5-7-14/h10H,4-9,13H2,1-3H3. The van der Waals surface area contributed by atoms with Crippen LogP contribution in [-0.4, -0.2) is 42.6 Å². The molecule has 0 aromatic carbocycles. The Balaban J connectivity index is 2.26. The van der Waals surface area contributed by atoms with E-state index in [0.29, 0.717) is 12.5 Å². The fraction of sp³-hybridized carbons (Fsp3) is 0.917. The highest BCUT2D eigenvalue weighted by atomic mass is 16.6. The van der Waals surface area contributed by atoms with Gasteiger partial charge in [0.15, 0.2) is 0 Å². The summed E-state index contributed by atoms with van der Waals surface area (Å²) in [5.74, 6) is 0.508. The summed E-state index contributed by atoms with van der Waals surface area (Å²) in [4.78, 5) is 13.7. The minimum absolute atomic E-state index is 0.126. The first-order valence-electron chi connectivity index (χ1n) is 6.05.